The smallest absolute Gasteiger partial charge is 0.326 e. The number of rotatable bonds is 3. The first kappa shape index (κ1) is 17.7. The molecular weight excluding hydrogens is 409 g/mol. The highest BCUT2D eigenvalue weighted by atomic mass is 79.9. The first-order chi connectivity index (χ1) is 11.9. The SMILES string of the molecule is CCO[P+]1([O-])Oc2ccc(Br)cc2[C@H]2[C@@H]1C[C@@]1(C(=O)OC)CCCN21. The van der Waals surface area contributed by atoms with Gasteiger partial charge in [0.2, 0.25) is 0 Å². The molecule has 0 amide bonds. The van der Waals surface area contributed by atoms with Gasteiger partial charge in [-0.05, 0) is 38.0 Å². The Balaban J connectivity index is 1.86. The van der Waals surface area contributed by atoms with Gasteiger partial charge in [0.15, 0.2) is 5.75 Å². The van der Waals surface area contributed by atoms with Crippen LogP contribution in [0.5, 0.6) is 5.75 Å². The fourth-order valence-corrected chi connectivity index (χ4v) is 7.43. The number of hydrogen-bond donors (Lipinski definition) is 0. The van der Waals surface area contributed by atoms with E-state index in [9.17, 15) is 9.69 Å². The number of nitrogens with zero attached hydrogens (tertiary/aromatic N) is 1. The van der Waals surface area contributed by atoms with Gasteiger partial charge in [-0.15, -0.1) is 0 Å². The second-order valence-electron chi connectivity index (χ2n) is 6.77. The minimum Gasteiger partial charge on any atom is -0.624 e. The number of benzene rings is 1. The summed E-state index contributed by atoms with van der Waals surface area (Å²) in [5, 5.41) is 0. The van der Waals surface area contributed by atoms with E-state index in [0.29, 0.717) is 25.2 Å². The Morgan fingerprint density at radius 2 is 2.36 bits per heavy atom. The van der Waals surface area contributed by atoms with E-state index in [1.54, 1.807) is 6.92 Å². The third-order valence-electron chi connectivity index (χ3n) is 5.58. The zero-order chi connectivity index (χ0) is 17.8. The molecule has 0 bridgehead atoms. The summed E-state index contributed by atoms with van der Waals surface area (Å²) in [4.78, 5) is 28.4. The van der Waals surface area contributed by atoms with Crippen LogP contribution >= 0.6 is 23.9 Å². The Bertz CT molecular complexity index is 718. The molecule has 136 valence electrons. The van der Waals surface area contributed by atoms with Crippen LogP contribution in [0.2, 0.25) is 0 Å². The van der Waals surface area contributed by atoms with E-state index in [2.05, 4.69) is 20.8 Å². The monoisotopic (exact) mass is 429 g/mol. The lowest BCUT2D eigenvalue weighted by atomic mass is 9.93. The van der Waals surface area contributed by atoms with Crippen LogP contribution in [-0.2, 0) is 14.1 Å². The number of esters is 1. The van der Waals surface area contributed by atoms with E-state index in [-0.39, 0.29) is 17.7 Å². The van der Waals surface area contributed by atoms with Crippen molar-refractivity contribution in [3.05, 3.63) is 28.2 Å². The van der Waals surface area contributed by atoms with Gasteiger partial charge in [0.25, 0.3) is 7.94 Å². The van der Waals surface area contributed by atoms with Crippen molar-refractivity contribution in [2.75, 3.05) is 20.3 Å². The minimum absolute atomic E-state index is 0.166. The van der Waals surface area contributed by atoms with Gasteiger partial charge < -0.3 is 14.2 Å². The summed E-state index contributed by atoms with van der Waals surface area (Å²) in [5.41, 5.74) is -0.142. The molecule has 1 aromatic carbocycles. The predicted molar refractivity (Wildman–Crippen MR) is 95.1 cm³/mol. The van der Waals surface area contributed by atoms with E-state index < -0.39 is 13.5 Å². The van der Waals surface area contributed by atoms with Crippen LogP contribution in [0.4, 0.5) is 0 Å². The highest BCUT2D eigenvalue weighted by molar-refractivity contribution is 9.10. The van der Waals surface area contributed by atoms with Crippen LogP contribution in [0, 0.1) is 0 Å². The van der Waals surface area contributed by atoms with Crippen molar-refractivity contribution >= 4 is 29.8 Å². The molecule has 1 unspecified atom stereocenters. The van der Waals surface area contributed by atoms with E-state index >= 15 is 0 Å². The summed E-state index contributed by atoms with van der Waals surface area (Å²) in [7, 11) is -1.96. The van der Waals surface area contributed by atoms with Crippen LogP contribution in [0.3, 0.4) is 0 Å². The van der Waals surface area contributed by atoms with Crippen molar-refractivity contribution in [1.82, 2.24) is 4.90 Å². The standard InChI is InChI=1S/C17H21BrNO5P/c1-3-23-25(21)14-10-17(16(20)22-2)7-4-8-19(17)15(14)12-9-11(18)5-6-13(12)24-25/h5-6,9,14-15H,3-4,7-8,10H2,1-2H3/t14-,15-,17+,25?/m0/s1. The highest BCUT2D eigenvalue weighted by Gasteiger charge is 2.68. The molecule has 8 heteroatoms. The first-order valence-corrected chi connectivity index (χ1v) is 10.9. The van der Waals surface area contributed by atoms with E-state index in [1.165, 1.54) is 7.11 Å². The molecular formula is C17H21BrNO5P. The Labute approximate surface area is 156 Å². The summed E-state index contributed by atoms with van der Waals surface area (Å²) in [6, 6.07) is 5.51. The van der Waals surface area contributed by atoms with Gasteiger partial charge in [-0.3, -0.25) is 9.69 Å². The number of carbonyl (C=O) groups is 1. The first-order valence-electron chi connectivity index (χ1n) is 8.53. The van der Waals surface area contributed by atoms with Gasteiger partial charge >= 0.3 is 5.97 Å². The van der Waals surface area contributed by atoms with Crippen LogP contribution in [0.1, 0.15) is 37.8 Å². The van der Waals surface area contributed by atoms with Gasteiger partial charge in [-0.2, -0.15) is 0 Å². The summed E-state index contributed by atoms with van der Waals surface area (Å²) < 4.78 is 17.6. The van der Waals surface area contributed by atoms with Gasteiger partial charge in [-0.1, -0.05) is 15.9 Å². The van der Waals surface area contributed by atoms with Crippen molar-refractivity contribution in [3.63, 3.8) is 0 Å². The molecule has 0 radical (unpaired) electrons. The fourth-order valence-electron chi connectivity index (χ4n) is 4.68. The second kappa shape index (κ2) is 6.17. The van der Waals surface area contributed by atoms with Crippen molar-refractivity contribution in [1.29, 1.82) is 0 Å². The van der Waals surface area contributed by atoms with Crippen LogP contribution in [0.25, 0.3) is 0 Å². The largest absolute Gasteiger partial charge is 0.624 e. The molecule has 3 aliphatic heterocycles. The molecule has 2 fully saturated rings. The molecule has 0 spiro atoms. The number of hydrogen-bond acceptors (Lipinski definition) is 6. The lowest BCUT2D eigenvalue weighted by molar-refractivity contribution is -0.215. The number of halogens is 1. The molecule has 2 saturated heterocycles. The summed E-state index contributed by atoms with van der Waals surface area (Å²) in [5.74, 6) is 0.327. The lowest BCUT2D eigenvalue weighted by Gasteiger charge is -2.41. The molecule has 0 N–H and O–H groups in total. The predicted octanol–water partition coefficient (Wildman–Crippen LogP) is 2.82. The molecule has 3 heterocycles. The van der Waals surface area contributed by atoms with E-state index in [4.69, 9.17) is 13.8 Å². The summed E-state index contributed by atoms with van der Waals surface area (Å²) in [6.07, 6.45) is 2.07. The quantitative estimate of drug-likeness (QED) is 0.543. The molecule has 4 rings (SSSR count). The van der Waals surface area contributed by atoms with E-state index in [1.807, 2.05) is 18.2 Å². The molecule has 6 nitrogen and oxygen atoms in total. The normalized spacial score (nSPS) is 36.3. The van der Waals surface area contributed by atoms with Crippen LogP contribution < -0.4 is 9.42 Å². The van der Waals surface area contributed by atoms with Crippen molar-refractivity contribution in [2.24, 2.45) is 0 Å². The molecule has 4 atom stereocenters. The topological polar surface area (TPSA) is 71.1 Å². The summed E-state index contributed by atoms with van der Waals surface area (Å²) in [6.45, 7) is 2.88. The fraction of sp³-hybridized carbons (Fsp3) is 0.588. The van der Waals surface area contributed by atoms with Crippen molar-refractivity contribution < 1.29 is 23.5 Å². The number of carbonyl (C=O) groups excluding carboxylic acids is 1. The van der Waals surface area contributed by atoms with Crippen LogP contribution in [-0.4, -0.2) is 42.3 Å². The molecule has 0 saturated carbocycles. The Hall–Kier alpha value is -0.720. The summed E-state index contributed by atoms with van der Waals surface area (Å²) >= 11 is 3.51. The average Bonchev–Trinajstić information content (AvgIpc) is 3.13. The van der Waals surface area contributed by atoms with Crippen molar-refractivity contribution in [2.45, 2.75) is 43.4 Å². The zero-order valence-corrected chi connectivity index (χ0v) is 16.7. The van der Waals surface area contributed by atoms with Crippen molar-refractivity contribution in [3.8, 4) is 5.75 Å². The van der Waals surface area contributed by atoms with Gasteiger partial charge in [0.1, 0.15) is 11.2 Å². The maximum Gasteiger partial charge on any atom is 0.326 e. The Kier molecular flexibility index (Phi) is 4.36. The molecule has 0 aliphatic carbocycles. The number of fused-ring (bicyclic) bond motifs is 5. The highest BCUT2D eigenvalue weighted by Crippen LogP contribution is 2.71. The van der Waals surface area contributed by atoms with Crippen LogP contribution in [0.15, 0.2) is 22.7 Å². The molecule has 3 aliphatic rings. The average molecular weight is 430 g/mol. The van der Waals surface area contributed by atoms with E-state index in [0.717, 1.165) is 23.0 Å². The molecule has 1 aromatic rings. The third-order valence-corrected chi connectivity index (χ3v) is 8.42. The lowest BCUT2D eigenvalue weighted by Crippen LogP contribution is -2.47. The second-order valence-corrected chi connectivity index (χ2v) is 9.87. The Morgan fingerprint density at radius 3 is 3.08 bits per heavy atom. The third kappa shape index (κ3) is 2.47. The van der Waals surface area contributed by atoms with Gasteiger partial charge in [-0.25, -0.2) is 4.52 Å². The van der Waals surface area contributed by atoms with Gasteiger partial charge in [0.05, 0.1) is 19.8 Å². The zero-order valence-electron chi connectivity index (χ0n) is 14.2. The maximum atomic E-state index is 13.5. The maximum absolute atomic E-state index is 13.5. The Morgan fingerprint density at radius 1 is 1.56 bits per heavy atom. The van der Waals surface area contributed by atoms with Gasteiger partial charge in [0, 0.05) is 23.0 Å². The minimum atomic E-state index is -3.38. The molecule has 25 heavy (non-hydrogen) atoms. The number of methoxy groups -OCH3 is 1. The molecule has 0 aromatic heterocycles. The number of ether oxygens (including phenoxy) is 1.